The van der Waals surface area contributed by atoms with Gasteiger partial charge in [0.25, 0.3) is 5.91 Å². The molecule has 0 unspecified atom stereocenters. The van der Waals surface area contributed by atoms with Crippen molar-refractivity contribution in [3.8, 4) is 0 Å². The summed E-state index contributed by atoms with van der Waals surface area (Å²) in [5.74, 6) is -0.0382. The summed E-state index contributed by atoms with van der Waals surface area (Å²) in [6, 6.07) is 15.7. The quantitative estimate of drug-likeness (QED) is 0.870. The smallest absolute Gasteiger partial charge is 0.251 e. The second-order valence-corrected chi connectivity index (χ2v) is 5.08. The number of anilines is 1. The topological polar surface area (TPSA) is 41.1 Å². The first kappa shape index (κ1) is 15.1. The molecule has 0 aliphatic heterocycles. The number of benzene rings is 2. The molecule has 0 radical (unpaired) electrons. The van der Waals surface area contributed by atoms with Crippen LogP contribution in [0.15, 0.2) is 48.5 Å². The van der Waals surface area contributed by atoms with Crippen molar-refractivity contribution in [1.82, 2.24) is 5.32 Å². The molecule has 0 aliphatic rings. The largest absolute Gasteiger partial charge is 0.388 e. The first-order chi connectivity index (χ1) is 10.2. The molecule has 3 heteroatoms. The summed E-state index contributed by atoms with van der Waals surface area (Å²) in [5.41, 5.74) is 4.03. The predicted octanol–water partition coefficient (Wildman–Crippen LogP) is 4.03. The molecule has 0 saturated heterocycles. The van der Waals surface area contributed by atoms with E-state index < -0.39 is 0 Å². The zero-order valence-electron chi connectivity index (χ0n) is 12.8. The zero-order chi connectivity index (χ0) is 15.2. The molecule has 2 rings (SSSR count). The SMILES string of the molecule is CCc1cc(C(=O)N[C@@H](C)c2ccccc2)ccc1NC.[HH]. The van der Waals surface area contributed by atoms with Crippen LogP contribution in [0.3, 0.4) is 0 Å². The number of hydrogen-bond acceptors (Lipinski definition) is 2. The predicted molar refractivity (Wildman–Crippen MR) is 89.8 cm³/mol. The first-order valence-corrected chi connectivity index (χ1v) is 7.32. The highest BCUT2D eigenvalue weighted by Crippen LogP contribution is 2.19. The van der Waals surface area contributed by atoms with E-state index in [4.69, 9.17) is 0 Å². The van der Waals surface area contributed by atoms with Gasteiger partial charge in [0.05, 0.1) is 6.04 Å². The van der Waals surface area contributed by atoms with Crippen molar-refractivity contribution >= 4 is 11.6 Å². The van der Waals surface area contributed by atoms with Gasteiger partial charge in [-0.2, -0.15) is 0 Å². The minimum atomic E-state index is -0.0382. The summed E-state index contributed by atoms with van der Waals surface area (Å²) in [6.45, 7) is 4.08. The Kier molecular flexibility index (Phi) is 4.99. The number of rotatable bonds is 5. The summed E-state index contributed by atoms with van der Waals surface area (Å²) in [6.07, 6.45) is 0.894. The maximum Gasteiger partial charge on any atom is 0.251 e. The van der Waals surface area contributed by atoms with Crippen LogP contribution in [0.4, 0.5) is 5.69 Å². The Morgan fingerprint density at radius 2 is 1.90 bits per heavy atom. The van der Waals surface area contributed by atoms with Gasteiger partial charge in [-0.15, -0.1) is 0 Å². The minimum Gasteiger partial charge on any atom is -0.388 e. The van der Waals surface area contributed by atoms with Crippen molar-refractivity contribution < 1.29 is 6.22 Å². The highest BCUT2D eigenvalue weighted by molar-refractivity contribution is 5.95. The Balaban J connectivity index is 0.00000242. The van der Waals surface area contributed by atoms with Crippen molar-refractivity contribution in [1.29, 1.82) is 0 Å². The monoisotopic (exact) mass is 284 g/mol. The van der Waals surface area contributed by atoms with Crippen molar-refractivity contribution in [3.05, 3.63) is 65.2 Å². The van der Waals surface area contributed by atoms with Crippen LogP contribution < -0.4 is 10.6 Å². The van der Waals surface area contributed by atoms with Gasteiger partial charge >= 0.3 is 0 Å². The van der Waals surface area contributed by atoms with Crippen molar-refractivity contribution in [3.63, 3.8) is 0 Å². The molecule has 0 aromatic heterocycles. The van der Waals surface area contributed by atoms with Crippen molar-refractivity contribution in [2.75, 3.05) is 12.4 Å². The summed E-state index contributed by atoms with van der Waals surface area (Å²) >= 11 is 0. The number of hydrogen-bond donors (Lipinski definition) is 2. The fraction of sp³-hybridized carbons (Fsp3) is 0.278. The average Bonchev–Trinajstić information content (AvgIpc) is 2.54. The molecule has 2 aromatic rings. The molecular formula is C18H24N2O. The Morgan fingerprint density at radius 1 is 1.19 bits per heavy atom. The van der Waals surface area contributed by atoms with E-state index in [0.29, 0.717) is 5.56 Å². The number of amides is 1. The summed E-state index contributed by atoms with van der Waals surface area (Å²) < 4.78 is 0. The van der Waals surface area contributed by atoms with E-state index in [1.54, 1.807) is 0 Å². The molecule has 21 heavy (non-hydrogen) atoms. The molecule has 0 fully saturated rings. The molecule has 2 aromatic carbocycles. The van der Waals surface area contributed by atoms with Crippen LogP contribution in [0.5, 0.6) is 0 Å². The Bertz CT molecular complexity index is 614. The van der Waals surface area contributed by atoms with Crippen molar-refractivity contribution in [2.24, 2.45) is 0 Å². The molecule has 0 spiro atoms. The van der Waals surface area contributed by atoms with Gasteiger partial charge in [-0.25, -0.2) is 0 Å². The van der Waals surface area contributed by atoms with E-state index in [9.17, 15) is 4.79 Å². The highest BCUT2D eigenvalue weighted by atomic mass is 16.1. The molecule has 0 heterocycles. The lowest BCUT2D eigenvalue weighted by atomic mass is 10.0. The number of aryl methyl sites for hydroxylation is 1. The van der Waals surface area contributed by atoms with Crippen LogP contribution in [0.1, 0.15) is 42.8 Å². The van der Waals surface area contributed by atoms with Crippen molar-refractivity contribution in [2.45, 2.75) is 26.3 Å². The number of carbonyl (C=O) groups is 1. The molecule has 2 N–H and O–H groups in total. The third kappa shape index (κ3) is 3.63. The maximum atomic E-state index is 12.4. The third-order valence-corrected chi connectivity index (χ3v) is 3.66. The summed E-state index contributed by atoms with van der Waals surface area (Å²) in [4.78, 5) is 12.4. The fourth-order valence-electron chi connectivity index (χ4n) is 2.38. The van der Waals surface area contributed by atoms with Crippen LogP contribution in [-0.4, -0.2) is 13.0 Å². The number of nitrogens with one attached hydrogen (secondary N) is 2. The Morgan fingerprint density at radius 3 is 2.52 bits per heavy atom. The lowest BCUT2D eigenvalue weighted by molar-refractivity contribution is 0.0940. The van der Waals surface area contributed by atoms with Crippen LogP contribution in [0, 0.1) is 0 Å². The van der Waals surface area contributed by atoms with Gasteiger partial charge in [-0.1, -0.05) is 37.3 Å². The van der Waals surface area contributed by atoms with E-state index in [2.05, 4.69) is 17.6 Å². The molecule has 0 aliphatic carbocycles. The summed E-state index contributed by atoms with van der Waals surface area (Å²) in [5, 5.41) is 6.19. The highest BCUT2D eigenvalue weighted by Gasteiger charge is 2.12. The Labute approximate surface area is 127 Å². The van der Waals surface area contributed by atoms with Gasteiger partial charge < -0.3 is 10.6 Å². The van der Waals surface area contributed by atoms with E-state index in [1.807, 2.05) is 62.5 Å². The Hall–Kier alpha value is -2.29. The standard InChI is InChI=1S/C18H22N2O.H2/c1-4-14-12-16(10-11-17(14)19-3)18(21)20-13(2)15-8-6-5-7-9-15;/h5-13,19H,4H2,1-3H3,(H,20,21);1H/t13-;/m0./s1. The van der Waals surface area contributed by atoms with Crippen LogP contribution in [0.25, 0.3) is 0 Å². The second kappa shape index (κ2) is 6.93. The van der Waals surface area contributed by atoms with Crippen LogP contribution in [0.2, 0.25) is 0 Å². The lowest BCUT2D eigenvalue weighted by Gasteiger charge is -2.15. The molecule has 112 valence electrons. The third-order valence-electron chi connectivity index (χ3n) is 3.66. The lowest BCUT2D eigenvalue weighted by Crippen LogP contribution is -2.26. The van der Waals surface area contributed by atoms with E-state index in [1.165, 1.54) is 0 Å². The molecule has 1 amide bonds. The average molecular weight is 284 g/mol. The first-order valence-electron chi connectivity index (χ1n) is 7.32. The van der Waals surface area contributed by atoms with Gasteiger partial charge in [-0.3, -0.25) is 4.79 Å². The van der Waals surface area contributed by atoms with E-state index in [-0.39, 0.29) is 13.4 Å². The molecule has 0 saturated carbocycles. The van der Waals surface area contributed by atoms with Crippen LogP contribution >= 0.6 is 0 Å². The molecule has 3 nitrogen and oxygen atoms in total. The van der Waals surface area contributed by atoms with Gasteiger partial charge in [0.15, 0.2) is 0 Å². The molecular weight excluding hydrogens is 260 g/mol. The fourth-order valence-corrected chi connectivity index (χ4v) is 2.38. The second-order valence-electron chi connectivity index (χ2n) is 5.08. The minimum absolute atomic E-state index is 0. The zero-order valence-corrected chi connectivity index (χ0v) is 12.8. The molecule has 0 bridgehead atoms. The van der Waals surface area contributed by atoms with Gasteiger partial charge in [-0.05, 0) is 42.7 Å². The summed E-state index contributed by atoms with van der Waals surface area (Å²) in [7, 11) is 1.89. The van der Waals surface area contributed by atoms with E-state index >= 15 is 0 Å². The van der Waals surface area contributed by atoms with E-state index in [0.717, 1.165) is 23.2 Å². The maximum absolute atomic E-state index is 12.4. The van der Waals surface area contributed by atoms with Gasteiger partial charge in [0, 0.05) is 19.7 Å². The molecule has 1 atom stereocenters. The van der Waals surface area contributed by atoms with Gasteiger partial charge in [0.2, 0.25) is 0 Å². The van der Waals surface area contributed by atoms with Crippen LogP contribution in [-0.2, 0) is 6.42 Å². The van der Waals surface area contributed by atoms with Gasteiger partial charge in [0.1, 0.15) is 0 Å². The number of carbonyl (C=O) groups excluding carboxylic acids is 1. The normalized spacial score (nSPS) is 11.8.